The van der Waals surface area contributed by atoms with Crippen LogP contribution in [0.1, 0.15) is 32.6 Å². The number of carbonyl (C=O) groups is 1. The lowest BCUT2D eigenvalue weighted by atomic mass is 9.87. The first-order valence-electron chi connectivity index (χ1n) is 5.37. The molecule has 1 aliphatic carbocycles. The zero-order valence-corrected chi connectivity index (χ0v) is 9.41. The Kier molecular flexibility index (Phi) is 5.20. The predicted octanol–water partition coefficient (Wildman–Crippen LogP) is 1.76. The molecule has 0 spiro atoms. The van der Waals surface area contributed by atoms with Gasteiger partial charge in [0.2, 0.25) is 0 Å². The molecular weight excluding hydrogens is 192 g/mol. The topological polar surface area (TPSA) is 35.5 Å². The molecule has 1 saturated carbocycles. The molecule has 1 aliphatic rings. The summed E-state index contributed by atoms with van der Waals surface area (Å²) >= 11 is 0. The first-order valence-corrected chi connectivity index (χ1v) is 5.37. The van der Waals surface area contributed by atoms with Gasteiger partial charge in [0.15, 0.2) is 0 Å². The Morgan fingerprint density at radius 3 is 2.53 bits per heavy atom. The van der Waals surface area contributed by atoms with Crippen molar-refractivity contribution in [3.8, 4) is 11.8 Å². The lowest BCUT2D eigenvalue weighted by Crippen LogP contribution is -2.27. The molecule has 0 amide bonds. The Labute approximate surface area is 91.1 Å². The van der Waals surface area contributed by atoms with Gasteiger partial charge in [-0.05, 0) is 32.6 Å². The molecule has 0 heterocycles. The first kappa shape index (κ1) is 12.1. The molecule has 0 aromatic heterocycles. The Morgan fingerprint density at radius 1 is 1.33 bits per heavy atom. The Morgan fingerprint density at radius 2 is 2.00 bits per heavy atom. The smallest absolute Gasteiger partial charge is 0.308 e. The highest BCUT2D eigenvalue weighted by molar-refractivity contribution is 5.72. The lowest BCUT2D eigenvalue weighted by molar-refractivity contribution is -0.147. The minimum Gasteiger partial charge on any atom is -0.469 e. The van der Waals surface area contributed by atoms with Gasteiger partial charge in [-0.3, -0.25) is 4.79 Å². The quantitative estimate of drug-likeness (QED) is 0.526. The van der Waals surface area contributed by atoms with Gasteiger partial charge in [0.05, 0.1) is 19.1 Å². The van der Waals surface area contributed by atoms with Gasteiger partial charge < -0.3 is 9.47 Å². The number of esters is 1. The van der Waals surface area contributed by atoms with Crippen LogP contribution in [0, 0.1) is 17.8 Å². The van der Waals surface area contributed by atoms with Crippen LogP contribution in [-0.4, -0.2) is 25.8 Å². The molecule has 0 atom stereocenters. The molecule has 15 heavy (non-hydrogen) atoms. The highest BCUT2D eigenvalue weighted by atomic mass is 16.5. The molecule has 3 nitrogen and oxygen atoms in total. The van der Waals surface area contributed by atoms with Crippen LogP contribution in [0.25, 0.3) is 0 Å². The van der Waals surface area contributed by atoms with E-state index in [2.05, 4.69) is 11.8 Å². The van der Waals surface area contributed by atoms with Crippen molar-refractivity contribution in [3.63, 3.8) is 0 Å². The molecule has 0 radical (unpaired) electrons. The number of rotatable bonds is 3. The van der Waals surface area contributed by atoms with E-state index in [1.807, 2.05) is 0 Å². The van der Waals surface area contributed by atoms with Crippen molar-refractivity contribution < 1.29 is 14.3 Å². The van der Waals surface area contributed by atoms with E-state index in [1.54, 1.807) is 6.92 Å². The van der Waals surface area contributed by atoms with Crippen LogP contribution in [0.15, 0.2) is 0 Å². The molecule has 1 rings (SSSR count). The monoisotopic (exact) mass is 210 g/mol. The summed E-state index contributed by atoms with van der Waals surface area (Å²) in [6.45, 7) is 2.31. The van der Waals surface area contributed by atoms with Crippen LogP contribution in [0.4, 0.5) is 0 Å². The van der Waals surface area contributed by atoms with E-state index < -0.39 is 0 Å². The van der Waals surface area contributed by atoms with Crippen molar-refractivity contribution in [2.75, 3.05) is 13.7 Å². The Bertz CT molecular complexity index is 254. The Hall–Kier alpha value is -1.01. The molecule has 0 aliphatic heterocycles. The third-order valence-corrected chi connectivity index (χ3v) is 2.78. The summed E-state index contributed by atoms with van der Waals surface area (Å²) in [7, 11) is 1.45. The van der Waals surface area contributed by atoms with E-state index in [0.29, 0.717) is 6.61 Å². The third kappa shape index (κ3) is 3.93. The second-order valence-corrected chi connectivity index (χ2v) is 3.73. The zero-order chi connectivity index (χ0) is 11.1. The summed E-state index contributed by atoms with van der Waals surface area (Å²) in [5.74, 6) is 5.67. The van der Waals surface area contributed by atoms with Gasteiger partial charge in [-0.15, -0.1) is 5.92 Å². The molecule has 0 aromatic carbocycles. The zero-order valence-electron chi connectivity index (χ0n) is 9.41. The van der Waals surface area contributed by atoms with E-state index in [4.69, 9.17) is 9.47 Å². The fourth-order valence-corrected chi connectivity index (χ4v) is 1.86. The van der Waals surface area contributed by atoms with Crippen molar-refractivity contribution in [1.82, 2.24) is 0 Å². The van der Waals surface area contributed by atoms with Gasteiger partial charge in [0.1, 0.15) is 6.61 Å². The summed E-state index contributed by atoms with van der Waals surface area (Å²) in [4.78, 5) is 11.2. The molecule has 84 valence electrons. The number of carbonyl (C=O) groups excluding carboxylic acids is 1. The molecule has 0 N–H and O–H groups in total. The summed E-state index contributed by atoms with van der Waals surface area (Å²) in [5.41, 5.74) is 0. The third-order valence-electron chi connectivity index (χ3n) is 2.78. The summed E-state index contributed by atoms with van der Waals surface area (Å²) in [6, 6.07) is 0. The largest absolute Gasteiger partial charge is 0.469 e. The van der Waals surface area contributed by atoms with Gasteiger partial charge >= 0.3 is 5.97 Å². The standard InChI is InChI=1S/C12H18O3/c1-3-4-9-15-11-7-5-10(6-8-11)12(13)14-2/h10-11H,5-9H2,1-2H3. The van der Waals surface area contributed by atoms with Crippen LogP contribution >= 0.6 is 0 Å². The average molecular weight is 210 g/mol. The summed E-state index contributed by atoms with van der Waals surface area (Å²) < 4.78 is 10.3. The van der Waals surface area contributed by atoms with Gasteiger partial charge in [-0.1, -0.05) is 5.92 Å². The maximum absolute atomic E-state index is 11.2. The molecule has 0 saturated heterocycles. The van der Waals surface area contributed by atoms with E-state index in [9.17, 15) is 4.79 Å². The predicted molar refractivity (Wildman–Crippen MR) is 57.2 cm³/mol. The molecule has 0 unspecified atom stereocenters. The SMILES string of the molecule is CC#CCOC1CCC(C(=O)OC)CC1. The van der Waals surface area contributed by atoms with E-state index >= 15 is 0 Å². The second kappa shape index (κ2) is 6.47. The Balaban J connectivity index is 2.22. The van der Waals surface area contributed by atoms with Crippen LogP contribution in [0.2, 0.25) is 0 Å². The molecule has 0 bridgehead atoms. The van der Waals surface area contributed by atoms with E-state index in [0.717, 1.165) is 25.7 Å². The van der Waals surface area contributed by atoms with Crippen LogP contribution in [-0.2, 0) is 14.3 Å². The normalized spacial score (nSPS) is 25.2. The van der Waals surface area contributed by atoms with E-state index in [-0.39, 0.29) is 18.0 Å². The number of hydrogen-bond donors (Lipinski definition) is 0. The van der Waals surface area contributed by atoms with Gasteiger partial charge in [-0.25, -0.2) is 0 Å². The highest BCUT2D eigenvalue weighted by Gasteiger charge is 2.26. The fraction of sp³-hybridized carbons (Fsp3) is 0.750. The molecular formula is C12H18O3. The van der Waals surface area contributed by atoms with E-state index in [1.165, 1.54) is 7.11 Å². The summed E-state index contributed by atoms with van der Waals surface area (Å²) in [6.07, 6.45) is 3.89. The molecule has 1 fully saturated rings. The fourth-order valence-electron chi connectivity index (χ4n) is 1.86. The van der Waals surface area contributed by atoms with Gasteiger partial charge in [0, 0.05) is 0 Å². The second-order valence-electron chi connectivity index (χ2n) is 3.73. The van der Waals surface area contributed by atoms with Crippen molar-refractivity contribution in [3.05, 3.63) is 0 Å². The van der Waals surface area contributed by atoms with Crippen molar-refractivity contribution in [1.29, 1.82) is 0 Å². The number of ether oxygens (including phenoxy) is 2. The highest BCUT2D eigenvalue weighted by Crippen LogP contribution is 2.26. The maximum Gasteiger partial charge on any atom is 0.308 e. The number of methoxy groups -OCH3 is 1. The van der Waals surface area contributed by atoms with Crippen molar-refractivity contribution in [2.45, 2.75) is 38.7 Å². The number of hydrogen-bond acceptors (Lipinski definition) is 3. The summed E-state index contributed by atoms with van der Waals surface area (Å²) in [5, 5.41) is 0. The first-order chi connectivity index (χ1) is 7.27. The van der Waals surface area contributed by atoms with Crippen molar-refractivity contribution in [2.24, 2.45) is 5.92 Å². The van der Waals surface area contributed by atoms with Crippen molar-refractivity contribution >= 4 is 5.97 Å². The molecule has 0 aromatic rings. The lowest BCUT2D eigenvalue weighted by Gasteiger charge is -2.26. The van der Waals surface area contributed by atoms with Gasteiger partial charge in [0.25, 0.3) is 0 Å². The van der Waals surface area contributed by atoms with Crippen LogP contribution in [0.3, 0.4) is 0 Å². The van der Waals surface area contributed by atoms with Gasteiger partial charge in [-0.2, -0.15) is 0 Å². The van der Waals surface area contributed by atoms with Crippen LogP contribution < -0.4 is 0 Å². The average Bonchev–Trinajstić information content (AvgIpc) is 2.29. The van der Waals surface area contributed by atoms with Crippen LogP contribution in [0.5, 0.6) is 0 Å². The maximum atomic E-state index is 11.2. The minimum atomic E-state index is -0.0817. The minimum absolute atomic E-state index is 0.0760. The molecule has 3 heteroatoms.